The maximum atomic E-state index is 12.8. The van der Waals surface area contributed by atoms with Gasteiger partial charge in [0.25, 0.3) is 5.91 Å². The van der Waals surface area contributed by atoms with Crippen molar-refractivity contribution in [3.05, 3.63) is 69.7 Å². The first kappa shape index (κ1) is 16.8. The number of fused-ring (bicyclic) bond motifs is 2. The van der Waals surface area contributed by atoms with Crippen molar-refractivity contribution >= 4 is 38.4 Å². The fourth-order valence-electron chi connectivity index (χ4n) is 3.39. The number of H-pyrrole nitrogens is 1. The molecule has 4 aromatic rings. The lowest BCUT2D eigenvalue weighted by Gasteiger charge is -2.07. The monoisotopic (exact) mass is 410 g/mol. The van der Waals surface area contributed by atoms with Crippen molar-refractivity contribution in [3.63, 3.8) is 0 Å². The predicted octanol–water partition coefficient (Wildman–Crippen LogP) is 4.17. The van der Waals surface area contributed by atoms with Crippen molar-refractivity contribution in [3.8, 4) is 0 Å². The van der Waals surface area contributed by atoms with Crippen LogP contribution in [0.2, 0.25) is 0 Å². The van der Waals surface area contributed by atoms with Crippen LogP contribution in [0.1, 0.15) is 27.3 Å². The van der Waals surface area contributed by atoms with E-state index in [0.717, 1.165) is 33.3 Å². The van der Waals surface area contributed by atoms with Gasteiger partial charge in [0.05, 0.1) is 5.69 Å². The Kier molecular flexibility index (Phi) is 4.28. The van der Waals surface area contributed by atoms with Gasteiger partial charge in [-0.1, -0.05) is 18.2 Å². The summed E-state index contributed by atoms with van der Waals surface area (Å²) < 4.78 is 2.78. The third kappa shape index (κ3) is 2.90. The molecule has 0 aliphatic carbocycles. The van der Waals surface area contributed by atoms with Gasteiger partial charge in [0.1, 0.15) is 11.3 Å². The standard InChI is InChI=1S/C20H19BrN4O/c1-12-9-15(21)11-25-18(13(2)24-19(12)25)20(26)22-8-7-14-10-23-17-6-4-3-5-16(14)17/h3-6,9-11,23H,7-8H2,1-2H3,(H,22,26). The molecule has 0 bridgehead atoms. The molecule has 0 atom stereocenters. The van der Waals surface area contributed by atoms with Crippen molar-refractivity contribution < 1.29 is 4.79 Å². The van der Waals surface area contributed by atoms with Gasteiger partial charge in [0.15, 0.2) is 0 Å². The van der Waals surface area contributed by atoms with Crippen LogP contribution in [0.4, 0.5) is 0 Å². The Morgan fingerprint density at radius 3 is 2.96 bits per heavy atom. The van der Waals surface area contributed by atoms with E-state index >= 15 is 0 Å². The SMILES string of the molecule is Cc1nc2c(C)cc(Br)cn2c1C(=O)NCCc1c[nH]c2ccccc12. The number of hydrogen-bond acceptors (Lipinski definition) is 2. The summed E-state index contributed by atoms with van der Waals surface area (Å²) in [5.74, 6) is -0.104. The van der Waals surface area contributed by atoms with E-state index < -0.39 is 0 Å². The number of para-hydroxylation sites is 1. The minimum Gasteiger partial charge on any atom is -0.361 e. The van der Waals surface area contributed by atoms with Crippen molar-refractivity contribution in [1.82, 2.24) is 19.7 Å². The number of rotatable bonds is 4. The fourth-order valence-corrected chi connectivity index (χ4v) is 3.94. The average Bonchev–Trinajstić information content (AvgIpc) is 3.16. The number of pyridine rings is 1. The number of nitrogens with zero attached hydrogens (tertiary/aromatic N) is 2. The third-order valence-corrected chi connectivity index (χ3v) is 5.05. The number of carbonyl (C=O) groups is 1. The highest BCUT2D eigenvalue weighted by molar-refractivity contribution is 9.10. The van der Waals surface area contributed by atoms with Gasteiger partial charge in [0.2, 0.25) is 0 Å². The molecular weight excluding hydrogens is 392 g/mol. The Bertz CT molecular complexity index is 1130. The normalized spacial score (nSPS) is 11.3. The molecule has 0 saturated heterocycles. The number of carbonyl (C=O) groups excluding carboxylic acids is 1. The number of nitrogens with one attached hydrogen (secondary N) is 2. The zero-order chi connectivity index (χ0) is 18.3. The van der Waals surface area contributed by atoms with Gasteiger partial charge < -0.3 is 10.3 Å². The van der Waals surface area contributed by atoms with E-state index in [4.69, 9.17) is 0 Å². The second-order valence-corrected chi connectivity index (χ2v) is 7.36. The average molecular weight is 411 g/mol. The lowest BCUT2D eigenvalue weighted by Crippen LogP contribution is -2.27. The number of hydrogen-bond donors (Lipinski definition) is 2. The molecule has 4 rings (SSSR count). The fraction of sp³-hybridized carbons (Fsp3) is 0.200. The minimum absolute atomic E-state index is 0.104. The number of imidazole rings is 1. The third-order valence-electron chi connectivity index (χ3n) is 4.61. The Balaban J connectivity index is 1.54. The van der Waals surface area contributed by atoms with E-state index in [9.17, 15) is 4.79 Å². The Morgan fingerprint density at radius 1 is 1.31 bits per heavy atom. The van der Waals surface area contributed by atoms with E-state index in [0.29, 0.717) is 12.2 Å². The Labute approximate surface area is 159 Å². The first-order chi connectivity index (χ1) is 12.5. The van der Waals surface area contributed by atoms with Crippen molar-refractivity contribution in [1.29, 1.82) is 0 Å². The van der Waals surface area contributed by atoms with Crippen LogP contribution in [0.15, 0.2) is 47.2 Å². The zero-order valence-corrected chi connectivity index (χ0v) is 16.2. The summed E-state index contributed by atoms with van der Waals surface area (Å²) in [6.07, 6.45) is 4.67. The predicted molar refractivity (Wildman–Crippen MR) is 107 cm³/mol. The molecule has 0 saturated carbocycles. The molecule has 0 aliphatic heterocycles. The highest BCUT2D eigenvalue weighted by atomic mass is 79.9. The first-order valence-corrected chi connectivity index (χ1v) is 9.32. The molecule has 0 unspecified atom stereocenters. The van der Waals surface area contributed by atoms with E-state index in [1.807, 2.05) is 48.8 Å². The van der Waals surface area contributed by atoms with Gasteiger partial charge in [-0.25, -0.2) is 4.98 Å². The van der Waals surface area contributed by atoms with Gasteiger partial charge in [-0.3, -0.25) is 9.20 Å². The number of aryl methyl sites for hydroxylation is 2. The van der Waals surface area contributed by atoms with Crippen LogP contribution < -0.4 is 5.32 Å². The number of aromatic amines is 1. The first-order valence-electron chi connectivity index (χ1n) is 8.52. The zero-order valence-electron chi connectivity index (χ0n) is 14.6. The molecule has 0 fully saturated rings. The van der Waals surface area contributed by atoms with E-state index in [-0.39, 0.29) is 5.91 Å². The lowest BCUT2D eigenvalue weighted by molar-refractivity contribution is 0.0947. The molecule has 6 heteroatoms. The summed E-state index contributed by atoms with van der Waals surface area (Å²) in [7, 11) is 0. The molecule has 3 aromatic heterocycles. The van der Waals surface area contributed by atoms with E-state index in [2.05, 4.69) is 43.3 Å². The molecule has 0 aliphatic rings. The molecule has 0 radical (unpaired) electrons. The summed E-state index contributed by atoms with van der Waals surface area (Å²) in [6.45, 7) is 4.43. The van der Waals surface area contributed by atoms with Crippen LogP contribution in [0.5, 0.6) is 0 Å². The second-order valence-electron chi connectivity index (χ2n) is 6.45. The molecule has 5 nitrogen and oxygen atoms in total. The number of benzene rings is 1. The maximum absolute atomic E-state index is 12.8. The van der Waals surface area contributed by atoms with Gasteiger partial charge >= 0.3 is 0 Å². The highest BCUT2D eigenvalue weighted by Crippen LogP contribution is 2.21. The van der Waals surface area contributed by atoms with Crippen LogP contribution in [-0.4, -0.2) is 26.8 Å². The van der Waals surface area contributed by atoms with Crippen LogP contribution >= 0.6 is 15.9 Å². The molecule has 1 amide bonds. The van der Waals surface area contributed by atoms with Crippen LogP contribution in [0, 0.1) is 13.8 Å². The van der Waals surface area contributed by atoms with Crippen molar-refractivity contribution in [2.75, 3.05) is 6.54 Å². The summed E-state index contributed by atoms with van der Waals surface area (Å²) in [5, 5.41) is 4.23. The topological polar surface area (TPSA) is 62.2 Å². The van der Waals surface area contributed by atoms with Crippen LogP contribution in [0.3, 0.4) is 0 Å². The molecule has 0 spiro atoms. The lowest BCUT2D eigenvalue weighted by atomic mass is 10.1. The second kappa shape index (κ2) is 6.61. The van der Waals surface area contributed by atoms with Crippen LogP contribution in [0.25, 0.3) is 16.6 Å². The van der Waals surface area contributed by atoms with Crippen LogP contribution in [-0.2, 0) is 6.42 Å². The van der Waals surface area contributed by atoms with Gasteiger partial charge in [-0.05, 0) is 59.5 Å². The molecule has 132 valence electrons. The largest absolute Gasteiger partial charge is 0.361 e. The smallest absolute Gasteiger partial charge is 0.270 e. The minimum atomic E-state index is -0.104. The molecule has 2 N–H and O–H groups in total. The maximum Gasteiger partial charge on any atom is 0.270 e. The number of amides is 1. The molecule has 26 heavy (non-hydrogen) atoms. The highest BCUT2D eigenvalue weighted by Gasteiger charge is 2.18. The summed E-state index contributed by atoms with van der Waals surface area (Å²) in [4.78, 5) is 20.6. The molecular formula is C20H19BrN4O. The van der Waals surface area contributed by atoms with Gasteiger partial charge in [-0.2, -0.15) is 0 Å². The Hall–Kier alpha value is -2.60. The van der Waals surface area contributed by atoms with E-state index in [1.165, 1.54) is 10.9 Å². The van der Waals surface area contributed by atoms with Crippen molar-refractivity contribution in [2.45, 2.75) is 20.3 Å². The number of halogens is 1. The summed E-state index contributed by atoms with van der Waals surface area (Å²) >= 11 is 3.49. The van der Waals surface area contributed by atoms with Crippen molar-refractivity contribution in [2.24, 2.45) is 0 Å². The summed E-state index contributed by atoms with van der Waals surface area (Å²) in [6, 6.07) is 10.2. The van der Waals surface area contributed by atoms with Gasteiger partial charge in [-0.15, -0.1) is 0 Å². The quantitative estimate of drug-likeness (QED) is 0.530. The van der Waals surface area contributed by atoms with E-state index in [1.54, 1.807) is 0 Å². The van der Waals surface area contributed by atoms with Gasteiger partial charge in [0, 0.05) is 34.3 Å². The Morgan fingerprint density at radius 2 is 2.12 bits per heavy atom. The summed E-state index contributed by atoms with van der Waals surface area (Å²) in [5.41, 5.74) is 5.48. The number of aromatic nitrogens is 3. The molecule has 3 heterocycles. The molecule has 1 aromatic carbocycles.